The fraction of sp³-hybridized carbons (Fsp3) is 0.0769. The van der Waals surface area contributed by atoms with Crippen molar-refractivity contribution in [2.24, 2.45) is 0 Å². The van der Waals surface area contributed by atoms with Gasteiger partial charge in [0.1, 0.15) is 0 Å². The number of hydroxylamine groups is 2. The van der Waals surface area contributed by atoms with E-state index in [-0.39, 0.29) is 12.1 Å². The van der Waals surface area contributed by atoms with Gasteiger partial charge in [-0.15, -0.1) is 0 Å². The van der Waals surface area contributed by atoms with Crippen molar-refractivity contribution in [1.29, 1.82) is 0 Å². The van der Waals surface area contributed by atoms with E-state index in [1.54, 1.807) is 0 Å². The Balaban J connectivity index is 1.84. The van der Waals surface area contributed by atoms with Gasteiger partial charge in [0.2, 0.25) is 0 Å². The predicted octanol–water partition coefficient (Wildman–Crippen LogP) is 6.26. The van der Waals surface area contributed by atoms with Crippen LogP contribution in [-0.4, -0.2) is 10.3 Å². The molecule has 0 bridgehead atoms. The molecule has 4 rings (SSSR count). The molecule has 0 saturated heterocycles. The summed E-state index contributed by atoms with van der Waals surface area (Å²) < 4.78 is 0. The summed E-state index contributed by atoms with van der Waals surface area (Å²) in [6, 6.07) is 40.0. The summed E-state index contributed by atoms with van der Waals surface area (Å²) in [6.07, 6.45) is 0. The van der Waals surface area contributed by atoms with E-state index >= 15 is 0 Å². The summed E-state index contributed by atoms with van der Waals surface area (Å²) >= 11 is 0. The third-order valence-electron chi connectivity index (χ3n) is 4.99. The number of rotatable bonds is 6. The minimum Gasteiger partial charge on any atom is -0.312 e. The highest BCUT2D eigenvalue weighted by molar-refractivity contribution is 5.36. The molecule has 2 heteroatoms. The van der Waals surface area contributed by atoms with E-state index < -0.39 is 0 Å². The highest BCUT2D eigenvalue weighted by atomic mass is 16.5. The van der Waals surface area contributed by atoms with Gasteiger partial charge in [-0.3, -0.25) is 0 Å². The average molecular weight is 365 g/mol. The molecular formula is C26H23NO. The normalized spacial score (nSPS) is 11.3. The third-order valence-corrected chi connectivity index (χ3v) is 4.99. The summed E-state index contributed by atoms with van der Waals surface area (Å²) in [5.41, 5.74) is 4.20. The molecule has 0 aliphatic rings. The van der Waals surface area contributed by atoms with Crippen LogP contribution in [-0.2, 0) is 0 Å². The maximum atomic E-state index is 11.6. The number of hydrogen-bond acceptors (Lipinski definition) is 2. The van der Waals surface area contributed by atoms with Crippen LogP contribution in [0.4, 0.5) is 0 Å². The lowest BCUT2D eigenvalue weighted by atomic mass is 9.92. The first-order chi connectivity index (χ1) is 13.8. The van der Waals surface area contributed by atoms with Crippen molar-refractivity contribution >= 4 is 0 Å². The minimum absolute atomic E-state index is 0.284. The Morgan fingerprint density at radius 3 is 0.821 bits per heavy atom. The molecule has 0 aliphatic heterocycles. The van der Waals surface area contributed by atoms with Crippen LogP contribution in [0.2, 0.25) is 0 Å². The lowest BCUT2D eigenvalue weighted by Gasteiger charge is -2.34. The summed E-state index contributed by atoms with van der Waals surface area (Å²) in [7, 11) is 0. The van der Waals surface area contributed by atoms with E-state index in [1.807, 2.05) is 72.8 Å². The van der Waals surface area contributed by atoms with Crippen molar-refractivity contribution in [2.45, 2.75) is 12.1 Å². The van der Waals surface area contributed by atoms with Crippen molar-refractivity contribution in [3.8, 4) is 0 Å². The fourth-order valence-electron chi connectivity index (χ4n) is 3.69. The number of nitrogens with zero attached hydrogens (tertiary/aromatic N) is 1. The largest absolute Gasteiger partial charge is 0.312 e. The second-order valence-electron chi connectivity index (χ2n) is 6.83. The van der Waals surface area contributed by atoms with Crippen LogP contribution in [0.3, 0.4) is 0 Å². The van der Waals surface area contributed by atoms with Crippen LogP contribution < -0.4 is 0 Å². The van der Waals surface area contributed by atoms with Crippen LogP contribution in [0, 0.1) is 0 Å². The molecule has 2 nitrogen and oxygen atoms in total. The van der Waals surface area contributed by atoms with Crippen LogP contribution in [0.15, 0.2) is 121 Å². The highest BCUT2D eigenvalue weighted by Crippen LogP contribution is 2.37. The molecule has 4 aromatic rings. The van der Waals surface area contributed by atoms with E-state index in [0.29, 0.717) is 0 Å². The first-order valence-corrected chi connectivity index (χ1v) is 9.51. The summed E-state index contributed by atoms with van der Waals surface area (Å²) in [5, 5.41) is 13.1. The van der Waals surface area contributed by atoms with Crippen LogP contribution in [0.5, 0.6) is 0 Å². The molecule has 0 heterocycles. The molecule has 138 valence electrons. The lowest BCUT2D eigenvalue weighted by molar-refractivity contribution is -0.142. The Hall–Kier alpha value is -3.20. The van der Waals surface area contributed by atoms with Crippen molar-refractivity contribution in [1.82, 2.24) is 5.06 Å². The van der Waals surface area contributed by atoms with Crippen molar-refractivity contribution in [2.75, 3.05) is 0 Å². The molecule has 4 aromatic carbocycles. The number of benzene rings is 4. The first-order valence-electron chi connectivity index (χ1n) is 9.51. The Kier molecular flexibility index (Phi) is 5.62. The second kappa shape index (κ2) is 8.66. The monoisotopic (exact) mass is 365 g/mol. The summed E-state index contributed by atoms with van der Waals surface area (Å²) in [4.78, 5) is 0. The van der Waals surface area contributed by atoms with Gasteiger partial charge in [-0.1, -0.05) is 121 Å². The van der Waals surface area contributed by atoms with Crippen LogP contribution in [0.1, 0.15) is 34.3 Å². The molecule has 0 fully saturated rings. The zero-order chi connectivity index (χ0) is 19.2. The Bertz CT molecular complexity index is 810. The zero-order valence-corrected chi connectivity index (χ0v) is 15.6. The average Bonchev–Trinajstić information content (AvgIpc) is 2.77. The summed E-state index contributed by atoms with van der Waals surface area (Å²) in [6.45, 7) is 0. The van der Waals surface area contributed by atoms with E-state index in [9.17, 15) is 5.21 Å². The van der Waals surface area contributed by atoms with Gasteiger partial charge in [-0.25, -0.2) is 0 Å². The summed E-state index contributed by atoms with van der Waals surface area (Å²) in [5.74, 6) is 0. The van der Waals surface area contributed by atoms with E-state index in [2.05, 4.69) is 48.5 Å². The SMILES string of the molecule is ON(C(c1ccccc1)c1ccccc1)C(c1ccccc1)c1ccccc1. The minimum atomic E-state index is -0.284. The van der Waals surface area contributed by atoms with Crippen molar-refractivity contribution < 1.29 is 5.21 Å². The van der Waals surface area contributed by atoms with Crippen LogP contribution in [0.25, 0.3) is 0 Å². The maximum absolute atomic E-state index is 11.6. The standard InChI is InChI=1S/C26H23NO/c28-27(25(21-13-5-1-6-14-21)22-15-7-2-8-16-22)26(23-17-9-3-10-18-23)24-19-11-4-12-20-24/h1-20,25-26,28H. The van der Waals surface area contributed by atoms with Crippen molar-refractivity contribution in [3.05, 3.63) is 144 Å². The lowest BCUT2D eigenvalue weighted by Crippen LogP contribution is -2.31. The Labute approximate surface area is 166 Å². The fourth-order valence-corrected chi connectivity index (χ4v) is 3.69. The molecule has 1 N–H and O–H groups in total. The molecule has 0 atom stereocenters. The zero-order valence-electron chi connectivity index (χ0n) is 15.6. The molecule has 0 radical (unpaired) electrons. The van der Waals surface area contributed by atoms with Crippen LogP contribution >= 0.6 is 0 Å². The van der Waals surface area contributed by atoms with Gasteiger partial charge in [0.25, 0.3) is 0 Å². The molecule has 0 saturated carbocycles. The Morgan fingerprint density at radius 1 is 0.393 bits per heavy atom. The second-order valence-corrected chi connectivity index (χ2v) is 6.83. The molecule has 0 unspecified atom stereocenters. The number of hydrogen-bond donors (Lipinski definition) is 1. The topological polar surface area (TPSA) is 23.5 Å². The van der Waals surface area contributed by atoms with Gasteiger partial charge in [0.15, 0.2) is 0 Å². The predicted molar refractivity (Wildman–Crippen MR) is 113 cm³/mol. The quantitative estimate of drug-likeness (QED) is 0.408. The molecule has 0 aliphatic carbocycles. The van der Waals surface area contributed by atoms with Gasteiger partial charge < -0.3 is 5.21 Å². The third kappa shape index (κ3) is 3.89. The molecular weight excluding hydrogens is 342 g/mol. The van der Waals surface area contributed by atoms with E-state index in [0.717, 1.165) is 22.3 Å². The van der Waals surface area contributed by atoms with Gasteiger partial charge in [-0.2, -0.15) is 5.06 Å². The van der Waals surface area contributed by atoms with Gasteiger partial charge >= 0.3 is 0 Å². The van der Waals surface area contributed by atoms with E-state index in [4.69, 9.17) is 0 Å². The highest BCUT2D eigenvalue weighted by Gasteiger charge is 2.30. The first kappa shape index (κ1) is 18.2. The molecule has 0 amide bonds. The van der Waals surface area contributed by atoms with Gasteiger partial charge in [0.05, 0.1) is 12.1 Å². The molecule has 0 spiro atoms. The van der Waals surface area contributed by atoms with E-state index in [1.165, 1.54) is 5.06 Å². The van der Waals surface area contributed by atoms with Gasteiger partial charge in [-0.05, 0) is 22.3 Å². The maximum Gasteiger partial charge on any atom is 0.0860 e. The van der Waals surface area contributed by atoms with Gasteiger partial charge in [0, 0.05) is 0 Å². The smallest absolute Gasteiger partial charge is 0.0860 e. The van der Waals surface area contributed by atoms with Crippen molar-refractivity contribution in [3.63, 3.8) is 0 Å². The molecule has 0 aromatic heterocycles. The molecule has 28 heavy (non-hydrogen) atoms. The Morgan fingerprint density at radius 2 is 0.607 bits per heavy atom.